The lowest BCUT2D eigenvalue weighted by Crippen LogP contribution is -2.38. The van der Waals surface area contributed by atoms with E-state index in [1.54, 1.807) is 0 Å². The Bertz CT molecular complexity index is 898. The lowest BCUT2D eigenvalue weighted by atomic mass is 9.91. The van der Waals surface area contributed by atoms with E-state index in [1.165, 1.54) is 6.42 Å². The van der Waals surface area contributed by atoms with Crippen LogP contribution < -0.4 is 15.2 Å². The first-order valence-electron chi connectivity index (χ1n) is 12.2. The molecule has 1 aliphatic heterocycles. The highest BCUT2D eigenvalue weighted by Gasteiger charge is 2.24. The largest absolute Gasteiger partial charge is 0.491 e. The molecule has 6 nitrogen and oxygen atoms in total. The van der Waals surface area contributed by atoms with Crippen molar-refractivity contribution >= 4 is 5.91 Å². The van der Waals surface area contributed by atoms with Crippen molar-refractivity contribution in [2.75, 3.05) is 26.3 Å². The molecule has 33 heavy (non-hydrogen) atoms. The first kappa shape index (κ1) is 23.6. The molecule has 2 unspecified atom stereocenters. The summed E-state index contributed by atoms with van der Waals surface area (Å²) < 4.78 is 11.6. The second-order valence-electron chi connectivity index (χ2n) is 9.36. The molecule has 2 aromatic rings. The van der Waals surface area contributed by atoms with Gasteiger partial charge in [-0.25, -0.2) is 0 Å². The smallest absolute Gasteiger partial charge is 0.260 e. The summed E-state index contributed by atoms with van der Waals surface area (Å²) in [6, 6.07) is 15.5. The minimum atomic E-state index is -0.533. The normalized spacial score (nSPS) is 21.6. The van der Waals surface area contributed by atoms with Gasteiger partial charge in [0.05, 0.1) is 6.10 Å². The molecule has 0 saturated carbocycles. The van der Waals surface area contributed by atoms with E-state index in [0.717, 1.165) is 62.1 Å². The maximum atomic E-state index is 12.4. The van der Waals surface area contributed by atoms with Crippen LogP contribution in [0, 0.1) is 5.92 Å². The fourth-order valence-electron chi connectivity index (χ4n) is 4.94. The monoisotopic (exact) mass is 452 g/mol. The van der Waals surface area contributed by atoms with Crippen LogP contribution in [0.4, 0.5) is 0 Å². The molecule has 1 heterocycles. The Morgan fingerprint density at radius 3 is 2.61 bits per heavy atom. The van der Waals surface area contributed by atoms with Gasteiger partial charge in [-0.2, -0.15) is 0 Å². The van der Waals surface area contributed by atoms with Gasteiger partial charge in [0, 0.05) is 19.1 Å². The van der Waals surface area contributed by atoms with E-state index in [9.17, 15) is 9.90 Å². The number of likely N-dealkylation sites (tertiary alicyclic amines) is 1. The van der Waals surface area contributed by atoms with Crippen LogP contribution in [-0.4, -0.2) is 48.3 Å². The van der Waals surface area contributed by atoms with Crippen LogP contribution in [-0.2, 0) is 11.2 Å². The molecule has 1 amide bonds. The molecule has 4 rings (SSSR count). The number of aliphatic hydroxyl groups excluding tert-OH is 1. The number of hydrogen-bond donors (Lipinski definition) is 2. The number of amides is 1. The van der Waals surface area contributed by atoms with Gasteiger partial charge in [-0.1, -0.05) is 24.3 Å². The van der Waals surface area contributed by atoms with Crippen LogP contribution in [0.2, 0.25) is 0 Å². The van der Waals surface area contributed by atoms with Gasteiger partial charge in [-0.05, 0) is 86.3 Å². The van der Waals surface area contributed by atoms with Gasteiger partial charge in [-0.3, -0.25) is 4.79 Å². The molecule has 0 bridgehead atoms. The number of ether oxygens (including phenoxy) is 2. The molecule has 0 spiro atoms. The number of rotatable bonds is 8. The summed E-state index contributed by atoms with van der Waals surface area (Å²) >= 11 is 0. The summed E-state index contributed by atoms with van der Waals surface area (Å²) in [5.41, 5.74) is 8.75. The minimum Gasteiger partial charge on any atom is -0.491 e. The number of hydrogen-bond acceptors (Lipinski definition) is 5. The molecule has 1 aliphatic carbocycles. The number of aliphatic hydroxyl groups is 1. The van der Waals surface area contributed by atoms with Crippen LogP contribution in [0.3, 0.4) is 0 Å². The van der Waals surface area contributed by atoms with Crippen LogP contribution >= 0.6 is 0 Å². The van der Waals surface area contributed by atoms with Crippen LogP contribution in [0.1, 0.15) is 55.7 Å². The van der Waals surface area contributed by atoms with Crippen molar-refractivity contribution in [2.45, 2.75) is 57.1 Å². The summed E-state index contributed by atoms with van der Waals surface area (Å²) in [5, 5.41) is 10.6. The van der Waals surface area contributed by atoms with E-state index < -0.39 is 6.10 Å². The molecule has 6 heteroatoms. The Balaban J connectivity index is 1.33. The minimum absolute atomic E-state index is 0.0215. The first-order chi connectivity index (χ1) is 16.1. The Kier molecular flexibility index (Phi) is 8.24. The molecule has 0 radical (unpaired) electrons. The SMILES string of the molecule is NC1CCC(C[C@H](O)COc2ccccc2)Cc2cc(OCC(=O)N3CCCCC3)ccc21. The number of carbonyl (C=O) groups excluding carboxylic acids is 1. The predicted molar refractivity (Wildman–Crippen MR) is 128 cm³/mol. The van der Waals surface area contributed by atoms with Gasteiger partial charge in [0.2, 0.25) is 0 Å². The Hall–Kier alpha value is -2.57. The Morgan fingerprint density at radius 2 is 1.82 bits per heavy atom. The third-order valence-electron chi connectivity index (χ3n) is 6.77. The average molecular weight is 453 g/mol. The Labute approximate surface area is 196 Å². The quantitative estimate of drug-likeness (QED) is 0.594. The molecule has 0 aromatic heterocycles. The van der Waals surface area contributed by atoms with Crippen LogP contribution in [0.15, 0.2) is 48.5 Å². The number of fused-ring (bicyclic) bond motifs is 1. The summed E-state index contributed by atoms with van der Waals surface area (Å²) in [7, 11) is 0. The average Bonchev–Trinajstić information content (AvgIpc) is 3.00. The topological polar surface area (TPSA) is 85.0 Å². The highest BCUT2D eigenvalue weighted by Crippen LogP contribution is 2.34. The van der Waals surface area contributed by atoms with Crippen LogP contribution in [0.5, 0.6) is 11.5 Å². The van der Waals surface area contributed by atoms with Crippen LogP contribution in [0.25, 0.3) is 0 Å². The molecule has 2 aliphatic rings. The van der Waals surface area contributed by atoms with Gasteiger partial charge >= 0.3 is 0 Å². The number of nitrogens with zero attached hydrogens (tertiary/aromatic N) is 1. The maximum Gasteiger partial charge on any atom is 0.260 e. The zero-order valence-corrected chi connectivity index (χ0v) is 19.3. The summed E-state index contributed by atoms with van der Waals surface area (Å²) in [6.45, 7) is 2.02. The molecular weight excluding hydrogens is 416 g/mol. The molecule has 2 aromatic carbocycles. The first-order valence-corrected chi connectivity index (χ1v) is 12.2. The molecule has 1 saturated heterocycles. The molecular formula is C27H36N2O4. The second-order valence-corrected chi connectivity index (χ2v) is 9.36. The lowest BCUT2D eigenvalue weighted by Gasteiger charge is -2.26. The standard InChI is InChI=1S/C27H36N2O4/c28-26-12-9-20(16-22(30)18-32-23-7-3-1-4-8-23)15-21-17-24(10-11-25(21)26)33-19-27(31)29-13-5-2-6-14-29/h1,3-4,7-8,10-11,17,20,22,26,30H,2,5-6,9,12-16,18-19,28H2/t20?,22-,26?/m0/s1. The number of benzene rings is 2. The van der Waals surface area contributed by atoms with E-state index in [1.807, 2.05) is 53.4 Å². The molecule has 3 N–H and O–H groups in total. The van der Waals surface area contributed by atoms with Crippen molar-refractivity contribution in [1.29, 1.82) is 0 Å². The van der Waals surface area contributed by atoms with Crippen molar-refractivity contribution in [3.8, 4) is 11.5 Å². The van der Waals surface area contributed by atoms with Gasteiger partial charge in [0.15, 0.2) is 6.61 Å². The fraction of sp³-hybridized carbons (Fsp3) is 0.519. The van der Waals surface area contributed by atoms with Crippen molar-refractivity contribution in [3.63, 3.8) is 0 Å². The summed E-state index contributed by atoms with van der Waals surface area (Å²) in [4.78, 5) is 14.3. The number of nitrogens with two attached hydrogens (primary N) is 1. The predicted octanol–water partition coefficient (Wildman–Crippen LogP) is 3.86. The van der Waals surface area contributed by atoms with E-state index in [4.69, 9.17) is 15.2 Å². The number of carbonyl (C=O) groups is 1. The van der Waals surface area contributed by atoms with Crippen molar-refractivity contribution in [3.05, 3.63) is 59.7 Å². The molecule has 3 atom stereocenters. The second kappa shape index (κ2) is 11.5. The van der Waals surface area contributed by atoms with Crippen molar-refractivity contribution in [1.82, 2.24) is 4.90 Å². The van der Waals surface area contributed by atoms with E-state index in [-0.39, 0.29) is 25.2 Å². The molecule has 178 valence electrons. The third kappa shape index (κ3) is 6.71. The van der Waals surface area contributed by atoms with E-state index in [0.29, 0.717) is 18.1 Å². The zero-order valence-electron chi connectivity index (χ0n) is 19.3. The Morgan fingerprint density at radius 1 is 1.03 bits per heavy atom. The molecule has 1 fully saturated rings. The highest BCUT2D eigenvalue weighted by molar-refractivity contribution is 5.77. The third-order valence-corrected chi connectivity index (χ3v) is 6.77. The van der Waals surface area contributed by atoms with E-state index in [2.05, 4.69) is 0 Å². The summed E-state index contributed by atoms with van der Waals surface area (Å²) in [6.07, 6.45) is 6.16. The lowest BCUT2D eigenvalue weighted by molar-refractivity contribution is -0.134. The zero-order chi connectivity index (χ0) is 23.0. The van der Waals surface area contributed by atoms with Gasteiger partial charge in [0.25, 0.3) is 5.91 Å². The van der Waals surface area contributed by atoms with Gasteiger partial charge in [-0.15, -0.1) is 0 Å². The van der Waals surface area contributed by atoms with Gasteiger partial charge < -0.3 is 25.2 Å². The number of para-hydroxylation sites is 1. The highest BCUT2D eigenvalue weighted by atomic mass is 16.5. The van der Waals surface area contributed by atoms with Crippen molar-refractivity contribution in [2.24, 2.45) is 11.7 Å². The van der Waals surface area contributed by atoms with Crippen molar-refractivity contribution < 1.29 is 19.4 Å². The number of piperidine rings is 1. The van der Waals surface area contributed by atoms with E-state index >= 15 is 0 Å². The summed E-state index contributed by atoms with van der Waals surface area (Å²) in [5.74, 6) is 1.85. The maximum absolute atomic E-state index is 12.4. The fourth-order valence-corrected chi connectivity index (χ4v) is 4.94. The van der Waals surface area contributed by atoms with Gasteiger partial charge in [0.1, 0.15) is 18.1 Å².